The van der Waals surface area contributed by atoms with Crippen LogP contribution in [0.4, 0.5) is 0 Å². The largest absolute Gasteiger partial charge is 0.481 e. The molecule has 0 saturated heterocycles. The topological polar surface area (TPSA) is 121 Å². The highest BCUT2D eigenvalue weighted by Gasteiger charge is 2.05. The Balaban J connectivity index is 0. The third kappa shape index (κ3) is 29.5. The van der Waals surface area contributed by atoms with E-state index in [2.05, 4.69) is 6.92 Å². The monoisotopic (exact) mass is 410 g/mol. The van der Waals surface area contributed by atoms with Crippen molar-refractivity contribution in [1.29, 1.82) is 0 Å². The van der Waals surface area contributed by atoms with E-state index in [4.69, 9.17) is 33.9 Å². The third-order valence-electron chi connectivity index (χ3n) is 3.00. The number of hydrogen-bond donors (Lipinski definition) is 2. The zero-order valence-electron chi connectivity index (χ0n) is 17.4. The van der Waals surface area contributed by atoms with E-state index in [1.165, 1.54) is 0 Å². The number of aliphatic hydroxyl groups excluding tert-OH is 1. The summed E-state index contributed by atoms with van der Waals surface area (Å²) >= 11 is 0. The standard InChI is InChI=1S/C11H20O6.C8H18O3/c1-2-5-15-6-7-16-8-9-17-11(14)4-3-10(12)13;1-2-3-5-10-7-8-11-6-4-9/h2-9H2,1H3,(H,12,13);9H,2-8H2,1H3. The molecule has 0 heterocycles. The van der Waals surface area contributed by atoms with Crippen molar-refractivity contribution in [3.05, 3.63) is 0 Å². The SMILES string of the molecule is CCCCOCCOCCO.CCCOCCOCCOC(=O)CCC(=O)O. The van der Waals surface area contributed by atoms with E-state index >= 15 is 0 Å². The predicted octanol–water partition coefficient (Wildman–Crippen LogP) is 1.65. The summed E-state index contributed by atoms with van der Waals surface area (Å²) < 4.78 is 25.3. The van der Waals surface area contributed by atoms with Crippen LogP contribution in [-0.4, -0.2) is 88.2 Å². The number of aliphatic carboxylic acids is 1. The highest BCUT2D eigenvalue weighted by atomic mass is 16.6. The molecule has 168 valence electrons. The first-order chi connectivity index (χ1) is 13.6. The predicted molar refractivity (Wildman–Crippen MR) is 103 cm³/mol. The van der Waals surface area contributed by atoms with E-state index in [0.717, 1.165) is 25.9 Å². The average molecular weight is 411 g/mol. The second-order valence-corrected chi connectivity index (χ2v) is 5.64. The first-order valence-corrected chi connectivity index (χ1v) is 9.87. The molecular formula is C19H38O9. The lowest BCUT2D eigenvalue weighted by Gasteiger charge is -2.06. The fourth-order valence-corrected chi connectivity index (χ4v) is 1.59. The summed E-state index contributed by atoms with van der Waals surface area (Å²) in [5, 5.41) is 16.7. The fourth-order valence-electron chi connectivity index (χ4n) is 1.59. The van der Waals surface area contributed by atoms with Gasteiger partial charge in [-0.25, -0.2) is 0 Å². The van der Waals surface area contributed by atoms with Crippen molar-refractivity contribution in [2.45, 2.75) is 46.0 Å². The van der Waals surface area contributed by atoms with Crippen LogP contribution in [-0.2, 0) is 33.3 Å². The number of unbranched alkanes of at least 4 members (excludes halogenated alkanes) is 1. The van der Waals surface area contributed by atoms with Crippen molar-refractivity contribution in [1.82, 2.24) is 0 Å². The Morgan fingerprint density at radius 2 is 1.21 bits per heavy atom. The quantitative estimate of drug-likeness (QED) is 0.242. The highest BCUT2D eigenvalue weighted by molar-refractivity contribution is 5.76. The van der Waals surface area contributed by atoms with Crippen LogP contribution < -0.4 is 0 Å². The summed E-state index contributed by atoms with van der Waals surface area (Å²) in [6.07, 6.45) is 2.94. The van der Waals surface area contributed by atoms with Crippen LogP contribution in [0.5, 0.6) is 0 Å². The molecule has 2 N–H and O–H groups in total. The third-order valence-corrected chi connectivity index (χ3v) is 3.00. The molecule has 9 heteroatoms. The summed E-state index contributed by atoms with van der Waals surface area (Å²) in [6, 6.07) is 0. The van der Waals surface area contributed by atoms with Gasteiger partial charge in [0, 0.05) is 13.2 Å². The molecule has 0 amide bonds. The Morgan fingerprint density at radius 1 is 0.679 bits per heavy atom. The Hall–Kier alpha value is -1.26. The molecule has 0 aliphatic carbocycles. The molecule has 0 bridgehead atoms. The zero-order valence-corrected chi connectivity index (χ0v) is 17.4. The van der Waals surface area contributed by atoms with Gasteiger partial charge in [0.2, 0.25) is 0 Å². The van der Waals surface area contributed by atoms with Crippen molar-refractivity contribution < 1.29 is 43.5 Å². The lowest BCUT2D eigenvalue weighted by atomic mass is 10.3. The summed E-state index contributed by atoms with van der Waals surface area (Å²) in [6.45, 7) is 8.86. The number of hydrogen-bond acceptors (Lipinski definition) is 8. The fraction of sp³-hybridized carbons (Fsp3) is 0.895. The van der Waals surface area contributed by atoms with Crippen LogP contribution in [0.3, 0.4) is 0 Å². The van der Waals surface area contributed by atoms with Gasteiger partial charge < -0.3 is 33.9 Å². The van der Waals surface area contributed by atoms with Crippen molar-refractivity contribution in [3.63, 3.8) is 0 Å². The summed E-state index contributed by atoms with van der Waals surface area (Å²) in [4.78, 5) is 21.1. The molecule has 0 radical (unpaired) electrons. The first-order valence-electron chi connectivity index (χ1n) is 9.87. The number of carboxylic acid groups (broad SMARTS) is 1. The number of aliphatic hydroxyl groups is 1. The van der Waals surface area contributed by atoms with Gasteiger partial charge >= 0.3 is 11.9 Å². The van der Waals surface area contributed by atoms with Crippen molar-refractivity contribution >= 4 is 11.9 Å². The Bertz CT molecular complexity index is 329. The van der Waals surface area contributed by atoms with E-state index in [9.17, 15) is 9.59 Å². The molecule has 0 aromatic rings. The maximum atomic E-state index is 11.0. The molecule has 0 saturated carbocycles. The summed E-state index contributed by atoms with van der Waals surface area (Å²) in [5.41, 5.74) is 0. The minimum atomic E-state index is -1.01. The van der Waals surface area contributed by atoms with Crippen molar-refractivity contribution in [2.75, 3.05) is 66.1 Å². The smallest absolute Gasteiger partial charge is 0.306 e. The van der Waals surface area contributed by atoms with Gasteiger partial charge in [0.15, 0.2) is 0 Å². The van der Waals surface area contributed by atoms with Gasteiger partial charge in [-0.05, 0) is 12.8 Å². The average Bonchev–Trinajstić information content (AvgIpc) is 2.68. The number of carbonyl (C=O) groups excluding carboxylic acids is 1. The van der Waals surface area contributed by atoms with Gasteiger partial charge in [-0.15, -0.1) is 0 Å². The molecule has 0 fully saturated rings. The number of esters is 1. The first kappa shape index (κ1) is 28.9. The zero-order chi connectivity index (χ0) is 21.3. The van der Waals surface area contributed by atoms with Crippen LogP contribution in [0, 0.1) is 0 Å². The number of ether oxygens (including phenoxy) is 5. The Kier molecular flexibility index (Phi) is 26.6. The van der Waals surface area contributed by atoms with Gasteiger partial charge in [0.05, 0.1) is 59.1 Å². The van der Waals surface area contributed by atoms with Gasteiger partial charge in [0.1, 0.15) is 6.61 Å². The maximum Gasteiger partial charge on any atom is 0.306 e. The molecule has 0 aromatic heterocycles. The van der Waals surface area contributed by atoms with E-state index in [1.807, 2.05) is 6.92 Å². The number of carbonyl (C=O) groups is 2. The second-order valence-electron chi connectivity index (χ2n) is 5.64. The van der Waals surface area contributed by atoms with Crippen LogP contribution in [0.25, 0.3) is 0 Å². The normalized spacial score (nSPS) is 10.2. The molecule has 0 rings (SSSR count). The van der Waals surface area contributed by atoms with Crippen molar-refractivity contribution in [2.24, 2.45) is 0 Å². The van der Waals surface area contributed by atoms with E-state index in [-0.39, 0.29) is 26.1 Å². The lowest BCUT2D eigenvalue weighted by Crippen LogP contribution is -2.13. The molecule has 0 atom stereocenters. The minimum Gasteiger partial charge on any atom is -0.481 e. The van der Waals surface area contributed by atoms with Crippen LogP contribution in [0.2, 0.25) is 0 Å². The molecule has 0 spiro atoms. The second kappa shape index (κ2) is 25.7. The van der Waals surface area contributed by atoms with Gasteiger partial charge in [0.25, 0.3) is 0 Å². The van der Waals surface area contributed by atoms with Crippen LogP contribution in [0.1, 0.15) is 46.0 Å². The van der Waals surface area contributed by atoms with Gasteiger partial charge in [-0.2, -0.15) is 0 Å². The Labute approximate surface area is 168 Å². The van der Waals surface area contributed by atoms with Crippen molar-refractivity contribution in [3.8, 4) is 0 Å². The van der Waals surface area contributed by atoms with E-state index < -0.39 is 11.9 Å². The highest BCUT2D eigenvalue weighted by Crippen LogP contribution is 1.93. The van der Waals surface area contributed by atoms with Gasteiger partial charge in [-0.3, -0.25) is 9.59 Å². The van der Waals surface area contributed by atoms with E-state index in [1.54, 1.807) is 0 Å². The van der Waals surface area contributed by atoms with Crippen LogP contribution >= 0.6 is 0 Å². The molecular weight excluding hydrogens is 372 g/mol. The minimum absolute atomic E-state index is 0.0922. The van der Waals surface area contributed by atoms with E-state index in [0.29, 0.717) is 46.2 Å². The molecule has 0 unspecified atom stereocenters. The van der Waals surface area contributed by atoms with Crippen LogP contribution in [0.15, 0.2) is 0 Å². The summed E-state index contributed by atoms with van der Waals surface area (Å²) in [5.74, 6) is -1.52. The number of carboxylic acids is 1. The lowest BCUT2D eigenvalue weighted by molar-refractivity contribution is -0.149. The van der Waals surface area contributed by atoms with Gasteiger partial charge in [-0.1, -0.05) is 20.3 Å². The molecule has 0 aliphatic rings. The summed E-state index contributed by atoms with van der Waals surface area (Å²) in [7, 11) is 0. The molecule has 0 aromatic carbocycles. The molecule has 28 heavy (non-hydrogen) atoms. The molecule has 0 aliphatic heterocycles. The molecule has 9 nitrogen and oxygen atoms in total. The maximum absolute atomic E-state index is 11.0. The number of rotatable bonds is 19. The Morgan fingerprint density at radius 3 is 1.75 bits per heavy atom.